The third-order valence-electron chi connectivity index (χ3n) is 3.83. The smallest absolute Gasteiger partial charge is 0.121 e. The first-order chi connectivity index (χ1) is 9.69. The van der Waals surface area contributed by atoms with E-state index < -0.39 is 0 Å². The van der Waals surface area contributed by atoms with E-state index in [4.69, 9.17) is 26.9 Å². The Balaban J connectivity index is 1.89. The lowest BCUT2D eigenvalue weighted by atomic mass is 9.91. The van der Waals surface area contributed by atoms with E-state index in [1.54, 1.807) is 0 Å². The number of hydrogen-bond donors (Lipinski definition) is 2. The quantitative estimate of drug-likeness (QED) is 0.626. The van der Waals surface area contributed by atoms with Gasteiger partial charge in [0, 0.05) is 18.2 Å². The highest BCUT2D eigenvalue weighted by Gasteiger charge is 2.23. The molecule has 1 fully saturated rings. The molecule has 20 heavy (non-hydrogen) atoms. The summed E-state index contributed by atoms with van der Waals surface area (Å²) in [5, 5.41) is 0.677. The van der Waals surface area contributed by atoms with E-state index in [1.165, 1.54) is 0 Å². The average molecular weight is 299 g/mol. The minimum Gasteiger partial charge on any atom is -0.489 e. The molecule has 2 rings (SSSR count). The minimum absolute atomic E-state index is 0.0127. The monoisotopic (exact) mass is 298 g/mol. The number of benzene rings is 1. The van der Waals surface area contributed by atoms with Crippen molar-refractivity contribution in [3.05, 3.63) is 29.3 Å². The SMILES string of the molecule is CC(Oc1cccc(Cl)c1)C(CC1CCOCC1)NN. The van der Waals surface area contributed by atoms with Crippen molar-refractivity contribution >= 4 is 11.6 Å². The van der Waals surface area contributed by atoms with Crippen LogP contribution in [0.1, 0.15) is 26.2 Å². The number of halogens is 1. The summed E-state index contributed by atoms with van der Waals surface area (Å²) >= 11 is 5.96. The lowest BCUT2D eigenvalue weighted by Gasteiger charge is -2.30. The maximum absolute atomic E-state index is 5.96. The fourth-order valence-electron chi connectivity index (χ4n) is 2.57. The summed E-state index contributed by atoms with van der Waals surface area (Å²) < 4.78 is 11.3. The normalized spacial score (nSPS) is 19.6. The summed E-state index contributed by atoms with van der Waals surface area (Å²) in [7, 11) is 0. The fourth-order valence-corrected chi connectivity index (χ4v) is 2.75. The number of hydrogen-bond acceptors (Lipinski definition) is 4. The Morgan fingerprint density at radius 3 is 2.85 bits per heavy atom. The summed E-state index contributed by atoms with van der Waals surface area (Å²) in [6.45, 7) is 3.74. The Morgan fingerprint density at radius 1 is 1.45 bits per heavy atom. The maximum atomic E-state index is 5.96. The van der Waals surface area contributed by atoms with Gasteiger partial charge in [-0.2, -0.15) is 0 Å². The summed E-state index contributed by atoms with van der Waals surface area (Å²) in [6.07, 6.45) is 3.19. The molecule has 1 aliphatic heterocycles. The molecule has 112 valence electrons. The Labute approximate surface area is 125 Å². The van der Waals surface area contributed by atoms with Crippen molar-refractivity contribution in [2.45, 2.75) is 38.3 Å². The van der Waals surface area contributed by atoms with Gasteiger partial charge < -0.3 is 9.47 Å². The third-order valence-corrected chi connectivity index (χ3v) is 4.06. The lowest BCUT2D eigenvalue weighted by Crippen LogP contribution is -2.46. The van der Waals surface area contributed by atoms with Crippen LogP contribution in [0.4, 0.5) is 0 Å². The Bertz CT molecular complexity index is 411. The predicted octanol–water partition coefficient (Wildman–Crippen LogP) is 2.76. The number of ether oxygens (including phenoxy) is 2. The van der Waals surface area contributed by atoms with Crippen LogP contribution in [0.2, 0.25) is 5.02 Å². The van der Waals surface area contributed by atoms with Gasteiger partial charge in [0.15, 0.2) is 0 Å². The van der Waals surface area contributed by atoms with Crippen molar-refractivity contribution in [2.24, 2.45) is 11.8 Å². The van der Waals surface area contributed by atoms with Crippen molar-refractivity contribution in [1.29, 1.82) is 0 Å². The highest BCUT2D eigenvalue weighted by Crippen LogP contribution is 2.24. The van der Waals surface area contributed by atoms with Crippen LogP contribution in [-0.4, -0.2) is 25.4 Å². The molecule has 2 atom stereocenters. The highest BCUT2D eigenvalue weighted by atomic mass is 35.5. The van der Waals surface area contributed by atoms with Crippen molar-refractivity contribution < 1.29 is 9.47 Å². The van der Waals surface area contributed by atoms with Crippen molar-refractivity contribution in [3.63, 3.8) is 0 Å². The summed E-state index contributed by atoms with van der Waals surface area (Å²) in [5.41, 5.74) is 2.89. The van der Waals surface area contributed by atoms with Crippen molar-refractivity contribution in [2.75, 3.05) is 13.2 Å². The largest absolute Gasteiger partial charge is 0.489 e. The molecule has 1 heterocycles. The van der Waals surface area contributed by atoms with E-state index in [-0.39, 0.29) is 12.1 Å². The molecule has 0 amide bonds. The van der Waals surface area contributed by atoms with Crippen molar-refractivity contribution in [3.8, 4) is 5.75 Å². The van der Waals surface area contributed by atoms with E-state index >= 15 is 0 Å². The molecule has 1 saturated heterocycles. The Kier molecular flexibility index (Phi) is 6.10. The van der Waals surface area contributed by atoms with E-state index in [0.29, 0.717) is 10.9 Å². The summed E-state index contributed by atoms with van der Waals surface area (Å²) in [5.74, 6) is 7.11. The van der Waals surface area contributed by atoms with E-state index in [2.05, 4.69) is 5.43 Å². The minimum atomic E-state index is -0.0127. The lowest BCUT2D eigenvalue weighted by molar-refractivity contribution is 0.0528. The zero-order valence-corrected chi connectivity index (χ0v) is 12.6. The molecule has 4 nitrogen and oxygen atoms in total. The van der Waals surface area contributed by atoms with Crippen LogP contribution in [0.5, 0.6) is 5.75 Å². The first-order valence-electron chi connectivity index (χ1n) is 7.15. The van der Waals surface area contributed by atoms with E-state index in [0.717, 1.165) is 38.2 Å². The molecule has 0 spiro atoms. The van der Waals surface area contributed by atoms with Gasteiger partial charge in [-0.15, -0.1) is 0 Å². The van der Waals surface area contributed by atoms with Crippen LogP contribution < -0.4 is 16.0 Å². The van der Waals surface area contributed by atoms with Crippen LogP contribution in [0, 0.1) is 5.92 Å². The van der Waals surface area contributed by atoms with Gasteiger partial charge in [-0.1, -0.05) is 17.7 Å². The predicted molar refractivity (Wildman–Crippen MR) is 80.8 cm³/mol. The summed E-state index contributed by atoms with van der Waals surface area (Å²) in [6, 6.07) is 7.56. The topological polar surface area (TPSA) is 56.5 Å². The molecule has 0 saturated carbocycles. The summed E-state index contributed by atoms with van der Waals surface area (Å²) in [4.78, 5) is 0. The zero-order chi connectivity index (χ0) is 14.4. The van der Waals surface area contributed by atoms with Gasteiger partial charge in [-0.3, -0.25) is 11.3 Å². The first-order valence-corrected chi connectivity index (χ1v) is 7.53. The van der Waals surface area contributed by atoms with Gasteiger partial charge in [0.1, 0.15) is 11.9 Å². The molecule has 0 radical (unpaired) electrons. The molecule has 0 bridgehead atoms. The van der Waals surface area contributed by atoms with Crippen LogP contribution in [-0.2, 0) is 4.74 Å². The molecule has 1 aromatic rings. The van der Waals surface area contributed by atoms with E-state index in [1.807, 2.05) is 31.2 Å². The molecular formula is C15H23ClN2O2. The fraction of sp³-hybridized carbons (Fsp3) is 0.600. The second-order valence-electron chi connectivity index (χ2n) is 5.34. The molecule has 0 aromatic heterocycles. The van der Waals surface area contributed by atoms with Crippen LogP contribution in [0.3, 0.4) is 0 Å². The second kappa shape index (κ2) is 7.84. The van der Waals surface area contributed by atoms with Crippen LogP contribution in [0.15, 0.2) is 24.3 Å². The van der Waals surface area contributed by atoms with E-state index in [9.17, 15) is 0 Å². The number of rotatable bonds is 6. The van der Waals surface area contributed by atoms with Gasteiger partial charge in [0.25, 0.3) is 0 Å². The highest BCUT2D eigenvalue weighted by molar-refractivity contribution is 6.30. The molecular weight excluding hydrogens is 276 g/mol. The van der Waals surface area contributed by atoms with Gasteiger partial charge in [-0.25, -0.2) is 0 Å². The molecule has 1 aliphatic rings. The number of nitrogens with two attached hydrogens (primary N) is 1. The Hall–Kier alpha value is -0.810. The molecule has 0 aliphatic carbocycles. The second-order valence-corrected chi connectivity index (χ2v) is 5.78. The standard InChI is InChI=1S/C15H23ClN2O2/c1-11(20-14-4-2-3-13(16)10-14)15(18-17)9-12-5-7-19-8-6-12/h2-4,10-12,15,18H,5-9,17H2,1H3. The van der Waals surface area contributed by atoms with Gasteiger partial charge in [0.05, 0.1) is 6.04 Å². The molecule has 3 N–H and O–H groups in total. The first kappa shape index (κ1) is 15.6. The zero-order valence-electron chi connectivity index (χ0n) is 11.8. The number of nitrogens with one attached hydrogen (secondary N) is 1. The molecule has 5 heteroatoms. The van der Waals surface area contributed by atoms with Crippen LogP contribution >= 0.6 is 11.6 Å². The van der Waals surface area contributed by atoms with Gasteiger partial charge in [-0.05, 0) is 50.3 Å². The Morgan fingerprint density at radius 2 is 2.20 bits per heavy atom. The maximum Gasteiger partial charge on any atom is 0.121 e. The average Bonchev–Trinajstić information content (AvgIpc) is 2.45. The van der Waals surface area contributed by atoms with Gasteiger partial charge >= 0.3 is 0 Å². The van der Waals surface area contributed by atoms with Crippen LogP contribution in [0.25, 0.3) is 0 Å². The third kappa shape index (κ3) is 4.63. The molecule has 1 aromatic carbocycles. The van der Waals surface area contributed by atoms with Gasteiger partial charge in [0.2, 0.25) is 0 Å². The molecule has 2 unspecified atom stereocenters. The number of hydrazine groups is 1. The van der Waals surface area contributed by atoms with Crippen molar-refractivity contribution in [1.82, 2.24) is 5.43 Å².